The predicted molar refractivity (Wildman–Crippen MR) is 47.6 cm³/mol. The van der Waals surface area contributed by atoms with Crippen LogP contribution in [0.2, 0.25) is 0 Å². The van der Waals surface area contributed by atoms with Crippen LogP contribution in [0, 0.1) is 0 Å². The van der Waals surface area contributed by atoms with Gasteiger partial charge >= 0.3 is 5.97 Å². The zero-order chi connectivity index (χ0) is 9.23. The summed E-state index contributed by atoms with van der Waals surface area (Å²) in [6.45, 7) is 1.63. The lowest BCUT2D eigenvalue weighted by atomic mass is 10.5. The third-order valence-electron chi connectivity index (χ3n) is 0.863. The molecule has 0 aliphatic rings. The minimum Gasteiger partial charge on any atom is -0.462 e. The summed E-state index contributed by atoms with van der Waals surface area (Å²) in [7, 11) is 0. The van der Waals surface area contributed by atoms with Crippen molar-refractivity contribution in [2.75, 3.05) is 6.61 Å². The molecule has 0 saturated carbocycles. The van der Waals surface area contributed by atoms with Crippen LogP contribution in [-0.4, -0.2) is 18.8 Å². The zero-order valence-corrected chi connectivity index (χ0v) is 6.93. The first kappa shape index (κ1) is 10.4. The number of esters is 1. The van der Waals surface area contributed by atoms with E-state index in [-0.39, 0.29) is 12.6 Å². The lowest BCUT2D eigenvalue weighted by Gasteiger charge is -1.92. The Balaban J connectivity index is 3.43. The maximum Gasteiger partial charge on any atom is 0.302 e. The number of aliphatic imine (C=N–C) groups is 1. The van der Waals surface area contributed by atoms with Crippen LogP contribution < -0.4 is 5.73 Å². The summed E-state index contributed by atoms with van der Waals surface area (Å²) >= 11 is 0. The van der Waals surface area contributed by atoms with Crippen molar-refractivity contribution < 1.29 is 9.53 Å². The van der Waals surface area contributed by atoms with Crippen LogP contribution in [0.3, 0.4) is 0 Å². The van der Waals surface area contributed by atoms with Crippen molar-refractivity contribution in [3.63, 3.8) is 0 Å². The van der Waals surface area contributed by atoms with Gasteiger partial charge in [0.25, 0.3) is 0 Å². The molecular weight excluding hydrogens is 156 g/mol. The number of rotatable bonds is 4. The van der Waals surface area contributed by atoms with Crippen LogP contribution in [0.15, 0.2) is 29.5 Å². The molecule has 0 bridgehead atoms. The molecule has 2 N–H and O–H groups in total. The highest BCUT2D eigenvalue weighted by Crippen LogP contribution is 1.77. The van der Waals surface area contributed by atoms with Crippen LogP contribution in [0.4, 0.5) is 0 Å². The van der Waals surface area contributed by atoms with Crippen molar-refractivity contribution in [3.8, 4) is 0 Å². The van der Waals surface area contributed by atoms with E-state index in [2.05, 4.69) is 9.73 Å². The Kier molecular flexibility index (Phi) is 6.54. The highest BCUT2D eigenvalue weighted by Gasteiger charge is 1.84. The third-order valence-corrected chi connectivity index (χ3v) is 0.863. The number of ether oxygens (including phenoxy) is 1. The Hall–Kier alpha value is -1.58. The van der Waals surface area contributed by atoms with Crippen molar-refractivity contribution in [1.29, 1.82) is 0 Å². The molecule has 4 nitrogen and oxygen atoms in total. The first-order valence-corrected chi connectivity index (χ1v) is 3.45. The lowest BCUT2D eigenvalue weighted by molar-refractivity contribution is -0.139. The monoisotopic (exact) mass is 168 g/mol. The van der Waals surface area contributed by atoms with Gasteiger partial charge in [-0.1, -0.05) is 0 Å². The van der Waals surface area contributed by atoms with Gasteiger partial charge in [-0.15, -0.1) is 0 Å². The molecule has 0 heterocycles. The molecule has 0 atom stereocenters. The van der Waals surface area contributed by atoms with Crippen LogP contribution in [0.25, 0.3) is 0 Å². The van der Waals surface area contributed by atoms with Gasteiger partial charge in [0.15, 0.2) is 0 Å². The average molecular weight is 168 g/mol. The summed E-state index contributed by atoms with van der Waals surface area (Å²) in [5.41, 5.74) is 5.02. The molecule has 66 valence electrons. The van der Waals surface area contributed by atoms with E-state index in [0.29, 0.717) is 0 Å². The van der Waals surface area contributed by atoms with Gasteiger partial charge < -0.3 is 10.5 Å². The van der Waals surface area contributed by atoms with E-state index in [1.807, 2.05) is 0 Å². The minimum absolute atomic E-state index is 0.272. The second-order valence-corrected chi connectivity index (χ2v) is 1.87. The number of hydrogen-bond acceptors (Lipinski definition) is 4. The SMILES string of the molecule is CC(=O)OC/C=C/C=N/C=C\N. The summed E-state index contributed by atoms with van der Waals surface area (Å²) in [6.07, 6.45) is 7.68. The van der Waals surface area contributed by atoms with Gasteiger partial charge in [0.05, 0.1) is 0 Å². The summed E-state index contributed by atoms with van der Waals surface area (Å²) in [4.78, 5) is 14.0. The van der Waals surface area contributed by atoms with Gasteiger partial charge in [-0.05, 0) is 12.2 Å². The Labute approximate surface area is 71.4 Å². The van der Waals surface area contributed by atoms with E-state index in [4.69, 9.17) is 5.73 Å². The van der Waals surface area contributed by atoms with Crippen LogP contribution >= 0.6 is 0 Å². The van der Waals surface area contributed by atoms with E-state index >= 15 is 0 Å². The van der Waals surface area contributed by atoms with Crippen LogP contribution in [-0.2, 0) is 9.53 Å². The molecule has 0 aliphatic carbocycles. The average Bonchev–Trinajstić information content (AvgIpc) is 2.02. The van der Waals surface area contributed by atoms with Crippen LogP contribution in [0.5, 0.6) is 0 Å². The molecule has 0 fully saturated rings. The normalized spacial score (nSPS) is 11.8. The molecule has 0 aromatic carbocycles. The fourth-order valence-corrected chi connectivity index (χ4v) is 0.431. The lowest BCUT2D eigenvalue weighted by Crippen LogP contribution is -1.97. The minimum atomic E-state index is -0.293. The number of carbonyl (C=O) groups is 1. The van der Waals surface area contributed by atoms with E-state index in [0.717, 1.165) is 0 Å². The molecule has 0 unspecified atom stereocenters. The Morgan fingerprint density at radius 3 is 3.00 bits per heavy atom. The molecule has 0 saturated heterocycles. The first-order chi connectivity index (χ1) is 5.77. The fraction of sp³-hybridized carbons (Fsp3) is 0.250. The number of hydrogen-bond donors (Lipinski definition) is 1. The summed E-state index contributed by atoms with van der Waals surface area (Å²) in [5, 5.41) is 0. The molecule has 12 heavy (non-hydrogen) atoms. The highest BCUT2D eigenvalue weighted by molar-refractivity contribution is 5.71. The van der Waals surface area contributed by atoms with Gasteiger partial charge in [0.1, 0.15) is 6.61 Å². The number of nitrogens with zero attached hydrogens (tertiary/aromatic N) is 1. The first-order valence-electron chi connectivity index (χ1n) is 3.45. The van der Waals surface area contributed by atoms with Crippen molar-refractivity contribution in [2.24, 2.45) is 10.7 Å². The molecule has 0 rings (SSSR count). The van der Waals surface area contributed by atoms with Gasteiger partial charge in [0.2, 0.25) is 0 Å². The number of carbonyl (C=O) groups excluding carboxylic acids is 1. The topological polar surface area (TPSA) is 64.7 Å². The Morgan fingerprint density at radius 1 is 1.67 bits per heavy atom. The largest absolute Gasteiger partial charge is 0.462 e. The molecule has 0 aliphatic heterocycles. The second-order valence-electron chi connectivity index (χ2n) is 1.87. The molecule has 0 aromatic heterocycles. The van der Waals surface area contributed by atoms with Crippen molar-refractivity contribution in [3.05, 3.63) is 24.6 Å². The van der Waals surface area contributed by atoms with E-state index in [1.54, 1.807) is 18.4 Å². The molecule has 0 amide bonds. The number of allylic oxidation sites excluding steroid dienone is 1. The molecule has 0 aromatic rings. The van der Waals surface area contributed by atoms with E-state index in [1.165, 1.54) is 19.3 Å². The predicted octanol–water partition coefficient (Wildman–Crippen LogP) is 0.606. The van der Waals surface area contributed by atoms with Gasteiger partial charge in [-0.2, -0.15) is 0 Å². The van der Waals surface area contributed by atoms with Gasteiger partial charge in [0, 0.05) is 25.5 Å². The molecule has 4 heteroatoms. The fourth-order valence-electron chi connectivity index (χ4n) is 0.431. The third kappa shape index (κ3) is 8.42. The van der Waals surface area contributed by atoms with Gasteiger partial charge in [-0.3, -0.25) is 9.79 Å². The van der Waals surface area contributed by atoms with E-state index in [9.17, 15) is 4.79 Å². The maximum absolute atomic E-state index is 10.3. The van der Waals surface area contributed by atoms with Gasteiger partial charge in [-0.25, -0.2) is 0 Å². The number of nitrogens with two attached hydrogens (primary N) is 1. The smallest absolute Gasteiger partial charge is 0.302 e. The molecular formula is C8H12N2O2. The van der Waals surface area contributed by atoms with Crippen molar-refractivity contribution in [2.45, 2.75) is 6.92 Å². The Morgan fingerprint density at radius 2 is 2.42 bits per heavy atom. The van der Waals surface area contributed by atoms with Crippen LogP contribution in [0.1, 0.15) is 6.92 Å². The molecule has 0 radical (unpaired) electrons. The quantitative estimate of drug-likeness (QED) is 0.494. The molecule has 0 spiro atoms. The zero-order valence-electron chi connectivity index (χ0n) is 6.93. The van der Waals surface area contributed by atoms with Crippen molar-refractivity contribution >= 4 is 12.2 Å². The maximum atomic E-state index is 10.3. The summed E-state index contributed by atoms with van der Waals surface area (Å²) < 4.78 is 4.62. The Bertz CT molecular complexity index is 207. The summed E-state index contributed by atoms with van der Waals surface area (Å²) in [6, 6.07) is 0. The standard InChI is InChI=1S/C8H12N2O2/c1-8(11)12-7-3-2-5-10-6-4-9/h2-6H,7,9H2,1H3/b3-2+,6-4-,10-5+. The second kappa shape index (κ2) is 7.53. The van der Waals surface area contributed by atoms with Crippen molar-refractivity contribution in [1.82, 2.24) is 0 Å². The highest BCUT2D eigenvalue weighted by atomic mass is 16.5. The van der Waals surface area contributed by atoms with E-state index < -0.39 is 0 Å². The summed E-state index contributed by atoms with van der Waals surface area (Å²) in [5.74, 6) is -0.293.